The minimum Gasteiger partial charge on any atom is -0.361 e. The van der Waals surface area contributed by atoms with Crippen LogP contribution in [0.25, 0.3) is 0 Å². The van der Waals surface area contributed by atoms with Gasteiger partial charge < -0.3 is 9.84 Å². The number of nitrogens with one attached hydrogen (secondary N) is 1. The summed E-state index contributed by atoms with van der Waals surface area (Å²) in [4.78, 5) is 21.3. The van der Waals surface area contributed by atoms with E-state index in [1.807, 2.05) is 0 Å². The van der Waals surface area contributed by atoms with Gasteiger partial charge in [0.15, 0.2) is 0 Å². The van der Waals surface area contributed by atoms with Gasteiger partial charge in [-0.25, -0.2) is 0 Å². The highest BCUT2D eigenvalue weighted by Crippen LogP contribution is 2.00. The minimum atomic E-state index is -0.611. The third-order valence-corrected chi connectivity index (χ3v) is 1.43. The number of rotatable bonds is 3. The lowest BCUT2D eigenvalue weighted by molar-refractivity contribution is -0.136. The van der Waals surface area contributed by atoms with E-state index in [4.69, 9.17) is 4.52 Å². The molecule has 0 aliphatic carbocycles. The van der Waals surface area contributed by atoms with Crippen LogP contribution in [0.4, 0.5) is 0 Å². The van der Waals surface area contributed by atoms with E-state index in [1.54, 1.807) is 13.0 Å². The Balaban J connectivity index is 2.44. The van der Waals surface area contributed by atoms with Gasteiger partial charge in [0.25, 0.3) is 5.91 Å². The first-order valence-corrected chi connectivity index (χ1v) is 3.80. The average Bonchev–Trinajstić information content (AvgIpc) is 2.47. The van der Waals surface area contributed by atoms with Gasteiger partial charge in [-0.15, -0.1) is 0 Å². The second kappa shape index (κ2) is 3.84. The second-order valence-corrected chi connectivity index (χ2v) is 2.67. The Kier molecular flexibility index (Phi) is 2.79. The molecule has 0 atom stereocenters. The molecule has 70 valence electrons. The van der Waals surface area contributed by atoms with E-state index >= 15 is 0 Å². The lowest BCUT2D eigenvalue weighted by Crippen LogP contribution is -2.28. The smallest absolute Gasteiger partial charge is 0.287 e. The highest BCUT2D eigenvalue weighted by molar-refractivity contribution is 6.35. The van der Waals surface area contributed by atoms with E-state index in [0.717, 1.165) is 0 Å². The van der Waals surface area contributed by atoms with Crippen LogP contribution in [0.2, 0.25) is 0 Å². The summed E-state index contributed by atoms with van der Waals surface area (Å²) in [5, 5.41) is 6.05. The Labute approximate surface area is 75.1 Å². The predicted octanol–water partition coefficient (Wildman–Crippen LogP) is 0.188. The maximum Gasteiger partial charge on any atom is 0.287 e. The van der Waals surface area contributed by atoms with Gasteiger partial charge in [-0.05, 0) is 6.92 Å². The number of ketones is 1. The van der Waals surface area contributed by atoms with E-state index in [0.29, 0.717) is 11.5 Å². The minimum absolute atomic E-state index is 0.218. The van der Waals surface area contributed by atoms with Crippen molar-refractivity contribution in [3.63, 3.8) is 0 Å². The summed E-state index contributed by atoms with van der Waals surface area (Å²) < 4.78 is 4.77. The zero-order valence-electron chi connectivity index (χ0n) is 7.46. The molecule has 0 aromatic carbocycles. The summed E-state index contributed by atoms with van der Waals surface area (Å²) in [7, 11) is 0. The molecule has 1 aromatic rings. The number of aryl methyl sites for hydroxylation is 1. The molecule has 0 aliphatic heterocycles. The van der Waals surface area contributed by atoms with Crippen molar-refractivity contribution in [2.24, 2.45) is 0 Å². The fraction of sp³-hybridized carbons (Fsp3) is 0.375. The topological polar surface area (TPSA) is 72.2 Å². The number of hydrogen-bond donors (Lipinski definition) is 1. The first-order chi connectivity index (χ1) is 6.09. The van der Waals surface area contributed by atoms with Crippen LogP contribution in [0.1, 0.15) is 18.4 Å². The van der Waals surface area contributed by atoms with Crippen LogP contribution in [0.5, 0.6) is 0 Å². The van der Waals surface area contributed by atoms with Gasteiger partial charge >= 0.3 is 0 Å². The molecule has 1 N–H and O–H groups in total. The van der Waals surface area contributed by atoms with Gasteiger partial charge in [-0.2, -0.15) is 0 Å². The van der Waals surface area contributed by atoms with E-state index in [2.05, 4.69) is 10.5 Å². The summed E-state index contributed by atoms with van der Waals surface area (Å²) in [6.45, 7) is 3.18. The third kappa shape index (κ3) is 2.70. The first-order valence-electron chi connectivity index (χ1n) is 3.80. The normalized spacial score (nSPS) is 9.69. The van der Waals surface area contributed by atoms with Crippen molar-refractivity contribution in [1.29, 1.82) is 0 Å². The van der Waals surface area contributed by atoms with Gasteiger partial charge in [0, 0.05) is 13.0 Å². The molecule has 1 heterocycles. The number of nitrogens with zero attached hydrogens (tertiary/aromatic N) is 1. The van der Waals surface area contributed by atoms with Crippen molar-refractivity contribution >= 4 is 11.7 Å². The van der Waals surface area contributed by atoms with Gasteiger partial charge in [0.1, 0.15) is 11.5 Å². The lowest BCUT2D eigenvalue weighted by atomic mass is 10.3. The Morgan fingerprint density at radius 3 is 2.77 bits per heavy atom. The van der Waals surface area contributed by atoms with Crippen LogP contribution in [-0.4, -0.2) is 16.8 Å². The highest BCUT2D eigenvalue weighted by atomic mass is 16.5. The van der Waals surface area contributed by atoms with E-state index in [-0.39, 0.29) is 6.54 Å². The maximum absolute atomic E-state index is 10.8. The van der Waals surface area contributed by atoms with Crippen molar-refractivity contribution in [2.45, 2.75) is 20.4 Å². The fourth-order valence-corrected chi connectivity index (χ4v) is 0.797. The number of Topliss-reactive ketones (excluding diaryl/α,β-unsaturated/α-hetero) is 1. The molecule has 0 aliphatic rings. The monoisotopic (exact) mass is 182 g/mol. The van der Waals surface area contributed by atoms with Gasteiger partial charge in [-0.1, -0.05) is 5.16 Å². The molecule has 0 unspecified atom stereocenters. The van der Waals surface area contributed by atoms with Crippen molar-refractivity contribution in [1.82, 2.24) is 10.5 Å². The maximum atomic E-state index is 10.8. The zero-order chi connectivity index (χ0) is 9.84. The van der Waals surface area contributed by atoms with E-state index < -0.39 is 11.7 Å². The second-order valence-electron chi connectivity index (χ2n) is 2.67. The number of aromatic nitrogens is 1. The SMILES string of the molecule is CC(=O)C(=O)NCc1cc(C)on1. The Morgan fingerprint density at radius 2 is 2.31 bits per heavy atom. The molecule has 13 heavy (non-hydrogen) atoms. The van der Waals surface area contributed by atoms with Crippen LogP contribution in [0.15, 0.2) is 10.6 Å². The van der Waals surface area contributed by atoms with Crippen LogP contribution >= 0.6 is 0 Å². The summed E-state index contributed by atoms with van der Waals surface area (Å²) in [6, 6.07) is 1.69. The molecule has 0 fully saturated rings. The zero-order valence-corrected chi connectivity index (χ0v) is 7.46. The summed E-state index contributed by atoms with van der Waals surface area (Å²) in [5.74, 6) is -0.451. The van der Waals surface area contributed by atoms with E-state index in [1.165, 1.54) is 6.92 Å². The highest BCUT2D eigenvalue weighted by Gasteiger charge is 2.07. The van der Waals surface area contributed by atoms with Gasteiger partial charge in [-0.3, -0.25) is 9.59 Å². The molecule has 0 bridgehead atoms. The van der Waals surface area contributed by atoms with Gasteiger partial charge in [0.05, 0.1) is 6.54 Å². The lowest BCUT2D eigenvalue weighted by Gasteiger charge is -1.96. The standard InChI is InChI=1S/C8H10N2O3/c1-5-3-7(10-13-5)4-9-8(12)6(2)11/h3H,4H2,1-2H3,(H,9,12). The van der Waals surface area contributed by atoms with Crippen molar-refractivity contribution in [3.05, 3.63) is 17.5 Å². The largest absolute Gasteiger partial charge is 0.361 e. The Bertz CT molecular complexity index is 330. The third-order valence-electron chi connectivity index (χ3n) is 1.43. The van der Waals surface area contributed by atoms with Crippen LogP contribution < -0.4 is 5.32 Å². The number of amides is 1. The van der Waals surface area contributed by atoms with Crippen molar-refractivity contribution < 1.29 is 14.1 Å². The molecule has 0 saturated carbocycles. The average molecular weight is 182 g/mol. The summed E-state index contributed by atoms with van der Waals surface area (Å²) in [6.07, 6.45) is 0. The summed E-state index contributed by atoms with van der Waals surface area (Å²) in [5.41, 5.74) is 0.604. The van der Waals surface area contributed by atoms with Crippen LogP contribution in [0.3, 0.4) is 0 Å². The van der Waals surface area contributed by atoms with Crippen molar-refractivity contribution in [3.8, 4) is 0 Å². The number of hydrogen-bond acceptors (Lipinski definition) is 4. The quantitative estimate of drug-likeness (QED) is 0.677. The first kappa shape index (κ1) is 9.44. The fourth-order valence-electron chi connectivity index (χ4n) is 0.797. The van der Waals surface area contributed by atoms with Crippen LogP contribution in [0, 0.1) is 6.92 Å². The van der Waals surface area contributed by atoms with Crippen LogP contribution in [-0.2, 0) is 16.1 Å². The molecule has 1 amide bonds. The molecule has 5 nitrogen and oxygen atoms in total. The summed E-state index contributed by atoms with van der Waals surface area (Å²) >= 11 is 0. The molecular weight excluding hydrogens is 172 g/mol. The molecular formula is C8H10N2O3. The predicted molar refractivity (Wildman–Crippen MR) is 43.8 cm³/mol. The van der Waals surface area contributed by atoms with Crippen molar-refractivity contribution in [2.75, 3.05) is 0 Å². The van der Waals surface area contributed by atoms with Gasteiger partial charge in [0.2, 0.25) is 5.78 Å². The molecule has 5 heteroatoms. The molecule has 0 spiro atoms. The Hall–Kier alpha value is -1.65. The molecule has 1 rings (SSSR count). The number of carbonyl (C=O) groups excluding carboxylic acids is 2. The molecule has 0 radical (unpaired) electrons. The molecule has 0 saturated heterocycles. The van der Waals surface area contributed by atoms with E-state index in [9.17, 15) is 9.59 Å². The number of carbonyl (C=O) groups is 2. The Morgan fingerprint density at radius 1 is 1.62 bits per heavy atom. The molecule has 1 aromatic heterocycles.